The molecule has 8 nitrogen and oxygen atoms in total. The number of carbonyl (C=O) groups excluding carboxylic acids is 1. The maximum Gasteiger partial charge on any atom is 0.331 e. The van der Waals surface area contributed by atoms with Crippen molar-refractivity contribution >= 4 is 35.9 Å². The maximum atomic E-state index is 12.9. The zero-order valence-corrected chi connectivity index (χ0v) is 32.7. The van der Waals surface area contributed by atoms with E-state index in [9.17, 15) is 10.1 Å². The van der Waals surface area contributed by atoms with Gasteiger partial charge in [-0.05, 0) is 72.4 Å². The van der Waals surface area contributed by atoms with Crippen LogP contribution >= 0.6 is 21.6 Å². The number of hydrogen-bond acceptors (Lipinski definition) is 10. The van der Waals surface area contributed by atoms with Gasteiger partial charge in [-0.3, -0.25) is 4.79 Å². The fraction of sp³-hybridized carbons (Fsp3) is 0.474. The van der Waals surface area contributed by atoms with Crippen LogP contribution in [0.4, 0.5) is 0 Å². The van der Waals surface area contributed by atoms with Crippen LogP contribution in [-0.4, -0.2) is 66.6 Å². The van der Waals surface area contributed by atoms with Crippen molar-refractivity contribution in [2.24, 2.45) is 5.41 Å². The number of nitrogens with zero attached hydrogens (tertiary/aromatic N) is 1. The summed E-state index contributed by atoms with van der Waals surface area (Å²) in [5.41, 5.74) is 0.608. The first-order valence-corrected chi connectivity index (χ1v) is 21.8. The van der Waals surface area contributed by atoms with Gasteiger partial charge >= 0.3 is 5.97 Å². The van der Waals surface area contributed by atoms with Gasteiger partial charge in [-0.25, -0.2) is 0 Å². The number of hydrogen-bond donors (Lipinski definition) is 0. The summed E-state index contributed by atoms with van der Waals surface area (Å²) in [6.07, 6.45) is 0.782. The normalized spacial score (nSPS) is 13.3. The lowest BCUT2D eigenvalue weighted by Crippen LogP contribution is -2.48. The fourth-order valence-electron chi connectivity index (χ4n) is 4.82. The molecule has 0 amide bonds. The second-order valence-corrected chi connectivity index (χ2v) is 20.4. The lowest BCUT2D eigenvalue weighted by atomic mass is 9.80. The van der Waals surface area contributed by atoms with E-state index >= 15 is 0 Å². The van der Waals surface area contributed by atoms with E-state index in [2.05, 4.69) is 52.1 Å². The summed E-state index contributed by atoms with van der Waals surface area (Å²) in [4.78, 5) is 12.9. The summed E-state index contributed by atoms with van der Waals surface area (Å²) in [5, 5.41) is 10.0. The van der Waals surface area contributed by atoms with Gasteiger partial charge in [0.1, 0.15) is 23.0 Å². The van der Waals surface area contributed by atoms with Gasteiger partial charge in [0.15, 0.2) is 13.7 Å². The van der Waals surface area contributed by atoms with Crippen LogP contribution < -0.4 is 9.47 Å². The minimum atomic E-state index is -2.21. The fourth-order valence-corrected chi connectivity index (χ4v) is 7.55. The monoisotopic (exact) mass is 725 g/mol. The van der Waals surface area contributed by atoms with Crippen molar-refractivity contribution < 1.29 is 32.9 Å². The lowest BCUT2D eigenvalue weighted by molar-refractivity contribution is -0.156. The molecule has 0 bridgehead atoms. The van der Waals surface area contributed by atoms with Crippen LogP contribution in [0, 0.1) is 16.7 Å². The molecule has 0 saturated carbocycles. The molecule has 1 unspecified atom stereocenters. The van der Waals surface area contributed by atoms with Crippen LogP contribution in [0.2, 0.25) is 18.1 Å². The molecule has 0 aliphatic rings. The first-order valence-electron chi connectivity index (χ1n) is 16.4. The lowest BCUT2D eigenvalue weighted by Gasteiger charge is -2.38. The molecular weight excluding hydrogens is 675 g/mol. The van der Waals surface area contributed by atoms with Gasteiger partial charge in [0.25, 0.3) is 0 Å². The number of esters is 1. The Hall–Kier alpha value is -2.98. The van der Waals surface area contributed by atoms with Crippen molar-refractivity contribution in [3.8, 4) is 17.6 Å². The molecule has 0 aliphatic heterocycles. The molecule has 0 aliphatic carbocycles. The van der Waals surface area contributed by atoms with Gasteiger partial charge < -0.3 is 28.1 Å². The molecule has 0 radical (unpaired) electrons. The molecule has 0 saturated heterocycles. The Balaban J connectivity index is 1.64. The summed E-state index contributed by atoms with van der Waals surface area (Å²) in [6.45, 7) is 12.8. The van der Waals surface area contributed by atoms with E-state index in [1.165, 1.54) is 10.8 Å². The number of ether oxygens (including phenoxy) is 5. The highest BCUT2D eigenvalue weighted by Gasteiger charge is 2.46. The highest BCUT2D eigenvalue weighted by Crippen LogP contribution is 2.42. The minimum Gasteiger partial charge on any atom is -0.497 e. The van der Waals surface area contributed by atoms with Gasteiger partial charge in [-0.2, -0.15) is 5.26 Å². The summed E-state index contributed by atoms with van der Waals surface area (Å²) in [7, 11) is 4.29. The van der Waals surface area contributed by atoms with Gasteiger partial charge in [0, 0.05) is 12.4 Å². The topological polar surface area (TPSA) is 96.2 Å². The van der Waals surface area contributed by atoms with Crippen LogP contribution in [0.1, 0.15) is 50.8 Å². The standard InChI is InChI=1S/C38H51NO7S2Si/c1-9-44-35(40)37(26-39,28-46-49(7,8)36(2,3)4)27-43-29-48-47-25-13-24-45-38(30-14-11-10-12-15-30,31-16-20-33(41-5)21-17-31)32-18-22-34(42-6)23-19-32/h10-12,14-23H,9,13,24-25,27-29H2,1-8H3. The third-order valence-electron chi connectivity index (χ3n) is 8.79. The second-order valence-electron chi connectivity index (χ2n) is 13.1. The Morgan fingerprint density at radius 3 is 1.86 bits per heavy atom. The Kier molecular flexibility index (Phi) is 15.6. The third kappa shape index (κ3) is 10.5. The van der Waals surface area contributed by atoms with E-state index in [0.29, 0.717) is 12.5 Å². The molecule has 3 aromatic carbocycles. The van der Waals surface area contributed by atoms with Crippen molar-refractivity contribution in [2.75, 3.05) is 52.3 Å². The van der Waals surface area contributed by atoms with E-state index in [1.807, 2.05) is 66.7 Å². The molecular formula is C38H51NO7S2Si. The highest BCUT2D eigenvalue weighted by atomic mass is 33.1. The summed E-state index contributed by atoms with van der Waals surface area (Å²) >= 11 is 0. The van der Waals surface area contributed by atoms with Crippen molar-refractivity contribution in [3.05, 3.63) is 95.6 Å². The van der Waals surface area contributed by atoms with Crippen LogP contribution in [0.5, 0.6) is 11.5 Å². The van der Waals surface area contributed by atoms with E-state index in [0.717, 1.165) is 40.4 Å². The minimum absolute atomic E-state index is 0.0560. The van der Waals surface area contributed by atoms with Crippen LogP contribution in [0.15, 0.2) is 78.9 Å². The number of benzene rings is 3. The maximum absolute atomic E-state index is 12.9. The first-order chi connectivity index (χ1) is 23.4. The first kappa shape index (κ1) is 40.4. The highest BCUT2D eigenvalue weighted by molar-refractivity contribution is 8.76. The van der Waals surface area contributed by atoms with Crippen LogP contribution in [0.3, 0.4) is 0 Å². The number of nitriles is 1. The summed E-state index contributed by atoms with van der Waals surface area (Å²) in [6, 6.07) is 28.4. The Labute approximate surface area is 301 Å². The summed E-state index contributed by atoms with van der Waals surface area (Å²) < 4.78 is 35.2. The number of carbonyl (C=O) groups is 1. The predicted octanol–water partition coefficient (Wildman–Crippen LogP) is 8.85. The molecule has 3 rings (SSSR count). The van der Waals surface area contributed by atoms with Crippen LogP contribution in [0.25, 0.3) is 0 Å². The van der Waals surface area contributed by atoms with E-state index in [4.69, 9.17) is 28.1 Å². The molecule has 0 spiro atoms. The third-order valence-corrected chi connectivity index (χ3v) is 15.4. The Bertz CT molecular complexity index is 1430. The molecule has 11 heteroatoms. The van der Waals surface area contributed by atoms with E-state index in [-0.39, 0.29) is 24.9 Å². The average molecular weight is 726 g/mol. The largest absolute Gasteiger partial charge is 0.497 e. The van der Waals surface area contributed by atoms with Crippen molar-refractivity contribution in [2.45, 2.75) is 57.8 Å². The molecule has 0 N–H and O–H groups in total. The predicted molar refractivity (Wildman–Crippen MR) is 202 cm³/mol. The van der Waals surface area contributed by atoms with Crippen molar-refractivity contribution in [3.63, 3.8) is 0 Å². The number of methoxy groups -OCH3 is 2. The molecule has 0 heterocycles. The zero-order valence-electron chi connectivity index (χ0n) is 30.1. The van der Waals surface area contributed by atoms with Gasteiger partial charge in [-0.15, -0.1) is 0 Å². The molecule has 0 aromatic heterocycles. The number of rotatable bonds is 20. The zero-order chi connectivity index (χ0) is 36.0. The quantitative estimate of drug-likeness (QED) is 0.0281. The SMILES string of the molecule is CCOC(=O)C(C#N)(COCSSCCCOC(c1ccccc1)(c1ccc(OC)cc1)c1ccc(OC)cc1)CO[Si](C)(C)C(C)(C)C. The average Bonchev–Trinajstić information content (AvgIpc) is 3.11. The molecule has 1 atom stereocenters. The van der Waals surface area contributed by atoms with Gasteiger partial charge in [-0.1, -0.05) is 97.0 Å². The van der Waals surface area contributed by atoms with E-state index in [1.54, 1.807) is 31.9 Å². The molecule has 266 valence electrons. The van der Waals surface area contributed by atoms with Crippen LogP contribution in [-0.2, 0) is 29.0 Å². The second kappa shape index (κ2) is 18.9. The molecule has 49 heavy (non-hydrogen) atoms. The smallest absolute Gasteiger partial charge is 0.331 e. The Morgan fingerprint density at radius 2 is 1.37 bits per heavy atom. The van der Waals surface area contributed by atoms with Gasteiger partial charge in [0.05, 0.1) is 40.1 Å². The van der Waals surface area contributed by atoms with Crippen molar-refractivity contribution in [1.82, 2.24) is 0 Å². The van der Waals surface area contributed by atoms with Gasteiger partial charge in [0.2, 0.25) is 0 Å². The molecule has 0 fully saturated rings. The summed E-state index contributed by atoms with van der Waals surface area (Å²) in [5.74, 6) is 2.04. The Morgan fingerprint density at radius 1 is 0.816 bits per heavy atom. The molecule has 3 aromatic rings. The van der Waals surface area contributed by atoms with E-state index < -0.39 is 25.3 Å². The van der Waals surface area contributed by atoms with Crippen molar-refractivity contribution in [1.29, 1.82) is 5.26 Å².